The molecule has 0 aliphatic carbocycles. The Balaban J connectivity index is 2.93. The molecule has 6 heteroatoms. The molecule has 1 atom stereocenters. The van der Waals surface area contributed by atoms with Crippen molar-refractivity contribution in [2.75, 3.05) is 12.4 Å². The predicted molar refractivity (Wildman–Crippen MR) is 63.9 cm³/mol. The maximum absolute atomic E-state index is 11.5. The standard InChI is InChI=1S/C11H17N3O3/c1-6(2)10(11(16)17-4)14-8-5-9(15)13-7(3)12-8/h5-6,10H,1-4H3,(H2,12,13,14,15). The van der Waals surface area contributed by atoms with Gasteiger partial charge in [0.05, 0.1) is 7.11 Å². The van der Waals surface area contributed by atoms with Crippen LogP contribution < -0.4 is 10.9 Å². The van der Waals surface area contributed by atoms with Gasteiger partial charge in [0.25, 0.3) is 5.56 Å². The Morgan fingerprint density at radius 1 is 1.53 bits per heavy atom. The maximum atomic E-state index is 11.5. The first-order chi connectivity index (χ1) is 7.93. The van der Waals surface area contributed by atoms with Gasteiger partial charge in [-0.3, -0.25) is 4.79 Å². The fourth-order valence-electron chi connectivity index (χ4n) is 1.44. The summed E-state index contributed by atoms with van der Waals surface area (Å²) in [6.07, 6.45) is 0. The number of anilines is 1. The quantitative estimate of drug-likeness (QED) is 0.755. The number of hydrogen-bond acceptors (Lipinski definition) is 5. The number of carbonyl (C=O) groups is 1. The van der Waals surface area contributed by atoms with Gasteiger partial charge in [0, 0.05) is 6.07 Å². The number of hydrogen-bond donors (Lipinski definition) is 2. The first kappa shape index (κ1) is 13.2. The highest BCUT2D eigenvalue weighted by Gasteiger charge is 2.23. The van der Waals surface area contributed by atoms with Crippen LogP contribution >= 0.6 is 0 Å². The third-order valence-corrected chi connectivity index (χ3v) is 2.29. The SMILES string of the molecule is COC(=O)C(Nc1cc(=O)[nH]c(C)n1)C(C)C. The number of H-pyrrole nitrogens is 1. The van der Waals surface area contributed by atoms with Crippen LogP contribution in [0.2, 0.25) is 0 Å². The monoisotopic (exact) mass is 239 g/mol. The molecule has 1 unspecified atom stereocenters. The molecule has 0 aliphatic heterocycles. The van der Waals surface area contributed by atoms with E-state index < -0.39 is 6.04 Å². The zero-order chi connectivity index (χ0) is 13.0. The van der Waals surface area contributed by atoms with Gasteiger partial charge < -0.3 is 15.0 Å². The third kappa shape index (κ3) is 3.58. The van der Waals surface area contributed by atoms with Gasteiger partial charge in [0.15, 0.2) is 0 Å². The van der Waals surface area contributed by atoms with E-state index in [9.17, 15) is 9.59 Å². The van der Waals surface area contributed by atoms with Crippen molar-refractivity contribution in [3.8, 4) is 0 Å². The molecule has 1 aromatic rings. The molecule has 1 rings (SSSR count). The summed E-state index contributed by atoms with van der Waals surface area (Å²) in [6.45, 7) is 5.44. The van der Waals surface area contributed by atoms with Gasteiger partial charge in [-0.15, -0.1) is 0 Å². The van der Waals surface area contributed by atoms with Crippen LogP contribution in [0, 0.1) is 12.8 Å². The molecule has 0 radical (unpaired) electrons. The topological polar surface area (TPSA) is 84.1 Å². The zero-order valence-electron chi connectivity index (χ0n) is 10.4. The number of methoxy groups -OCH3 is 1. The van der Waals surface area contributed by atoms with Gasteiger partial charge in [-0.05, 0) is 12.8 Å². The van der Waals surface area contributed by atoms with E-state index in [-0.39, 0.29) is 17.4 Å². The number of carbonyl (C=O) groups excluding carboxylic acids is 1. The lowest BCUT2D eigenvalue weighted by Gasteiger charge is -2.20. The normalized spacial score (nSPS) is 12.3. The second-order valence-electron chi connectivity index (χ2n) is 4.11. The predicted octanol–water partition coefficient (Wildman–Crippen LogP) is 0.688. The van der Waals surface area contributed by atoms with Gasteiger partial charge in [-0.1, -0.05) is 13.8 Å². The molecule has 0 fully saturated rings. The molecular formula is C11H17N3O3. The van der Waals surface area contributed by atoms with Crippen LogP contribution in [0.4, 0.5) is 5.82 Å². The minimum Gasteiger partial charge on any atom is -0.467 e. The van der Waals surface area contributed by atoms with Crippen LogP contribution in [-0.2, 0) is 9.53 Å². The number of nitrogens with zero attached hydrogens (tertiary/aromatic N) is 1. The third-order valence-electron chi connectivity index (χ3n) is 2.29. The highest BCUT2D eigenvalue weighted by molar-refractivity contribution is 5.79. The largest absolute Gasteiger partial charge is 0.467 e. The van der Waals surface area contributed by atoms with E-state index in [1.165, 1.54) is 13.2 Å². The fraction of sp³-hybridized carbons (Fsp3) is 0.545. The Morgan fingerprint density at radius 2 is 2.18 bits per heavy atom. The second-order valence-corrected chi connectivity index (χ2v) is 4.11. The van der Waals surface area contributed by atoms with Gasteiger partial charge in [0.1, 0.15) is 17.7 Å². The lowest BCUT2D eigenvalue weighted by Crippen LogP contribution is -2.36. The summed E-state index contributed by atoms with van der Waals surface area (Å²) in [4.78, 5) is 29.4. The molecule has 17 heavy (non-hydrogen) atoms. The minimum absolute atomic E-state index is 0.0313. The number of aryl methyl sites for hydroxylation is 1. The van der Waals surface area contributed by atoms with Crippen molar-refractivity contribution < 1.29 is 9.53 Å². The Hall–Kier alpha value is -1.85. The van der Waals surface area contributed by atoms with Gasteiger partial charge in [-0.25, -0.2) is 9.78 Å². The lowest BCUT2D eigenvalue weighted by molar-refractivity contribution is -0.142. The maximum Gasteiger partial charge on any atom is 0.328 e. The minimum atomic E-state index is -0.520. The van der Waals surface area contributed by atoms with Crippen LogP contribution in [0.1, 0.15) is 19.7 Å². The highest BCUT2D eigenvalue weighted by atomic mass is 16.5. The first-order valence-electron chi connectivity index (χ1n) is 5.36. The van der Waals surface area contributed by atoms with Gasteiger partial charge in [-0.2, -0.15) is 0 Å². The van der Waals surface area contributed by atoms with E-state index >= 15 is 0 Å². The number of esters is 1. The molecule has 0 amide bonds. The average molecular weight is 239 g/mol. The number of rotatable bonds is 4. The van der Waals surface area contributed by atoms with Crippen LogP contribution in [-0.4, -0.2) is 29.1 Å². The van der Waals surface area contributed by atoms with Crippen LogP contribution in [0.3, 0.4) is 0 Å². The average Bonchev–Trinajstić information content (AvgIpc) is 2.23. The summed E-state index contributed by atoms with van der Waals surface area (Å²) < 4.78 is 4.69. The zero-order valence-corrected chi connectivity index (χ0v) is 10.4. The van der Waals surface area contributed by atoms with Gasteiger partial charge >= 0.3 is 5.97 Å². The molecule has 0 aliphatic rings. The number of aromatic nitrogens is 2. The summed E-state index contributed by atoms with van der Waals surface area (Å²) in [7, 11) is 1.33. The van der Waals surface area contributed by atoms with E-state index in [1.807, 2.05) is 13.8 Å². The molecular weight excluding hydrogens is 222 g/mol. The van der Waals surface area contributed by atoms with Crippen molar-refractivity contribution >= 4 is 11.8 Å². The van der Waals surface area contributed by atoms with E-state index in [0.717, 1.165) is 0 Å². The summed E-state index contributed by atoms with van der Waals surface area (Å²) >= 11 is 0. The van der Waals surface area contributed by atoms with E-state index in [0.29, 0.717) is 11.6 Å². The van der Waals surface area contributed by atoms with Crippen molar-refractivity contribution in [2.45, 2.75) is 26.8 Å². The summed E-state index contributed by atoms with van der Waals surface area (Å²) in [5.41, 5.74) is -0.257. The Labute approximate surface area is 99.4 Å². The lowest BCUT2D eigenvalue weighted by atomic mass is 10.0. The summed E-state index contributed by atoms with van der Waals surface area (Å²) in [6, 6.07) is 0.791. The smallest absolute Gasteiger partial charge is 0.328 e. The van der Waals surface area contributed by atoms with Crippen molar-refractivity contribution in [1.29, 1.82) is 0 Å². The molecule has 0 bridgehead atoms. The Bertz CT molecular complexity index is 454. The molecule has 0 aromatic carbocycles. The van der Waals surface area contributed by atoms with Gasteiger partial charge in [0.2, 0.25) is 0 Å². The fourth-order valence-corrected chi connectivity index (χ4v) is 1.44. The molecule has 0 saturated carbocycles. The van der Waals surface area contributed by atoms with E-state index in [2.05, 4.69) is 15.3 Å². The molecule has 94 valence electrons. The Morgan fingerprint density at radius 3 is 2.65 bits per heavy atom. The Kier molecular flexibility index (Phi) is 4.25. The molecule has 0 saturated heterocycles. The van der Waals surface area contributed by atoms with E-state index in [4.69, 9.17) is 4.74 Å². The summed E-state index contributed by atoms with van der Waals surface area (Å²) in [5.74, 6) is 0.520. The number of ether oxygens (including phenoxy) is 1. The number of aromatic amines is 1. The highest BCUT2D eigenvalue weighted by Crippen LogP contribution is 2.10. The molecule has 0 spiro atoms. The van der Waals surface area contributed by atoms with Crippen molar-refractivity contribution in [2.24, 2.45) is 5.92 Å². The molecule has 2 N–H and O–H groups in total. The second kappa shape index (κ2) is 5.47. The molecule has 1 heterocycles. The van der Waals surface area contributed by atoms with Crippen LogP contribution in [0.5, 0.6) is 0 Å². The van der Waals surface area contributed by atoms with Crippen molar-refractivity contribution in [3.05, 3.63) is 22.2 Å². The van der Waals surface area contributed by atoms with Crippen LogP contribution in [0.15, 0.2) is 10.9 Å². The summed E-state index contributed by atoms with van der Waals surface area (Å²) in [5, 5.41) is 2.91. The number of nitrogens with one attached hydrogen (secondary N) is 2. The van der Waals surface area contributed by atoms with E-state index in [1.54, 1.807) is 6.92 Å². The van der Waals surface area contributed by atoms with Crippen molar-refractivity contribution in [3.63, 3.8) is 0 Å². The molecule has 1 aromatic heterocycles. The van der Waals surface area contributed by atoms with Crippen molar-refractivity contribution in [1.82, 2.24) is 9.97 Å². The van der Waals surface area contributed by atoms with Crippen LogP contribution in [0.25, 0.3) is 0 Å². The molecule has 6 nitrogen and oxygen atoms in total. The first-order valence-corrected chi connectivity index (χ1v) is 5.36.